The third-order valence-electron chi connectivity index (χ3n) is 12.1. The predicted molar refractivity (Wildman–Crippen MR) is 151 cm³/mol. The van der Waals surface area contributed by atoms with E-state index < -0.39 is 12.0 Å². The Hall–Kier alpha value is -0.590. The van der Waals surface area contributed by atoms with E-state index in [1.54, 1.807) is 0 Å². The normalized spacial score (nSPS) is 43.7. The van der Waals surface area contributed by atoms with Gasteiger partial charge in [-0.3, -0.25) is 9.59 Å². The summed E-state index contributed by atoms with van der Waals surface area (Å²) in [4.78, 5) is 23.8. The van der Waals surface area contributed by atoms with E-state index in [0.29, 0.717) is 64.6 Å². The Balaban J connectivity index is 1.34. The van der Waals surface area contributed by atoms with Crippen LogP contribution in [0, 0.1) is 58.2 Å². The molecule has 0 amide bonds. The van der Waals surface area contributed by atoms with Gasteiger partial charge in [0, 0.05) is 23.8 Å². The summed E-state index contributed by atoms with van der Waals surface area (Å²) < 4.78 is 0. The average Bonchev–Trinajstić information content (AvgIpc) is 3.20. The zero-order chi connectivity index (χ0) is 27.1. The van der Waals surface area contributed by atoms with E-state index in [0.717, 1.165) is 18.8 Å². The van der Waals surface area contributed by atoms with Gasteiger partial charge in [-0.05, 0) is 104 Å². The van der Waals surface area contributed by atoms with Crippen LogP contribution in [0.3, 0.4) is 0 Å². The van der Waals surface area contributed by atoms with Gasteiger partial charge in [0.25, 0.3) is 0 Å². The van der Waals surface area contributed by atoms with Gasteiger partial charge in [0.15, 0.2) is 0 Å². The number of carboxylic acids is 1. The SMILES string of the molecule is CC(CSCC(N)C(=O)O)C(=O)CCC(C)[C@H]1CCC2C3C(CC[C@@]21C)[C@@]1(C)CC[C@H](C)C[C@@H]1C[C@H]3O. The summed E-state index contributed by atoms with van der Waals surface area (Å²) in [5, 5.41) is 20.5. The number of Topliss-reactive ketones (excluding diaryl/α,β-unsaturated/α-hetero) is 1. The van der Waals surface area contributed by atoms with Crippen molar-refractivity contribution in [2.24, 2.45) is 63.9 Å². The van der Waals surface area contributed by atoms with E-state index >= 15 is 0 Å². The molecule has 0 aromatic heterocycles. The van der Waals surface area contributed by atoms with Crippen LogP contribution in [0.1, 0.15) is 98.8 Å². The van der Waals surface area contributed by atoms with Gasteiger partial charge < -0.3 is 15.9 Å². The monoisotopic (exact) mass is 535 g/mol. The molecule has 0 bridgehead atoms. The highest BCUT2D eigenvalue weighted by atomic mass is 32.2. The highest BCUT2D eigenvalue weighted by Crippen LogP contribution is 2.68. The molecule has 4 fully saturated rings. The minimum absolute atomic E-state index is 0.0650. The number of ketones is 1. The van der Waals surface area contributed by atoms with Crippen LogP contribution in [-0.4, -0.2) is 45.6 Å². The molecule has 0 radical (unpaired) electrons. The molecule has 212 valence electrons. The largest absolute Gasteiger partial charge is 0.480 e. The highest BCUT2D eigenvalue weighted by Gasteiger charge is 2.62. The van der Waals surface area contributed by atoms with Crippen molar-refractivity contribution < 1.29 is 19.8 Å². The van der Waals surface area contributed by atoms with Crippen LogP contribution in [0.15, 0.2) is 0 Å². The van der Waals surface area contributed by atoms with Crippen LogP contribution >= 0.6 is 11.8 Å². The Labute approximate surface area is 229 Å². The Bertz CT molecular complexity index is 836. The number of hydrogen-bond donors (Lipinski definition) is 3. The zero-order valence-electron chi connectivity index (χ0n) is 24.0. The van der Waals surface area contributed by atoms with E-state index in [1.807, 2.05) is 6.92 Å². The number of aliphatic carboxylic acids is 1. The summed E-state index contributed by atoms with van der Waals surface area (Å²) in [5.41, 5.74) is 6.28. The average molecular weight is 536 g/mol. The van der Waals surface area contributed by atoms with E-state index in [2.05, 4.69) is 27.7 Å². The fraction of sp³-hybridized carbons (Fsp3) is 0.935. The Morgan fingerprint density at radius 2 is 1.68 bits per heavy atom. The Morgan fingerprint density at radius 1 is 1.00 bits per heavy atom. The quantitative estimate of drug-likeness (QED) is 0.316. The number of carbonyl (C=O) groups is 2. The molecule has 5 nitrogen and oxygen atoms in total. The summed E-state index contributed by atoms with van der Waals surface area (Å²) in [6.07, 6.45) is 11.4. The summed E-state index contributed by atoms with van der Waals surface area (Å²) in [6, 6.07) is -0.865. The van der Waals surface area contributed by atoms with Crippen LogP contribution < -0.4 is 5.73 Å². The van der Waals surface area contributed by atoms with Gasteiger partial charge in [0.2, 0.25) is 0 Å². The number of hydrogen-bond acceptors (Lipinski definition) is 5. The predicted octanol–water partition coefficient (Wildman–Crippen LogP) is 6.02. The third-order valence-corrected chi connectivity index (χ3v) is 13.4. The molecule has 6 unspecified atom stereocenters. The molecule has 12 atom stereocenters. The van der Waals surface area contributed by atoms with Crippen LogP contribution in [0.2, 0.25) is 0 Å². The summed E-state index contributed by atoms with van der Waals surface area (Å²) in [7, 11) is 0. The first kappa shape index (κ1) is 29.4. The van der Waals surface area contributed by atoms with Crippen molar-refractivity contribution in [1.82, 2.24) is 0 Å². The van der Waals surface area contributed by atoms with Gasteiger partial charge in [-0.2, -0.15) is 11.8 Å². The maximum absolute atomic E-state index is 12.9. The van der Waals surface area contributed by atoms with Gasteiger partial charge >= 0.3 is 5.97 Å². The minimum atomic E-state index is -0.985. The van der Waals surface area contributed by atoms with Crippen LogP contribution in [0.4, 0.5) is 0 Å². The van der Waals surface area contributed by atoms with Gasteiger partial charge in [0.1, 0.15) is 11.8 Å². The lowest BCUT2D eigenvalue weighted by Gasteiger charge is -2.62. The number of nitrogens with two attached hydrogens (primary N) is 1. The second-order valence-corrected chi connectivity index (χ2v) is 15.3. The van der Waals surface area contributed by atoms with Gasteiger partial charge in [0.05, 0.1) is 6.10 Å². The fourth-order valence-corrected chi connectivity index (χ4v) is 10.8. The highest BCUT2D eigenvalue weighted by molar-refractivity contribution is 7.99. The third kappa shape index (κ3) is 5.68. The molecule has 0 aliphatic heterocycles. The van der Waals surface area contributed by atoms with E-state index in [1.165, 1.54) is 56.7 Å². The summed E-state index contributed by atoms with van der Waals surface area (Å²) >= 11 is 1.47. The van der Waals surface area contributed by atoms with Gasteiger partial charge in [-0.1, -0.05) is 41.0 Å². The number of rotatable bonds is 10. The standard InChI is InChI=1S/C31H53NO4S/c1-18-10-12-30(4)21(14-18)15-27(34)28-23-8-7-22(31(23,5)13-11-24(28)30)19(2)6-9-26(33)20(3)16-37-17-25(32)29(35)36/h18-25,27-28,34H,6-17,32H2,1-5H3,(H,35,36)/t18-,19?,20?,21+,22+,23?,24?,25?,27+,28?,30-,31+/m0/s1. The Morgan fingerprint density at radius 3 is 2.38 bits per heavy atom. The van der Waals surface area contributed by atoms with Gasteiger partial charge in [-0.25, -0.2) is 0 Å². The number of carboxylic acid groups (broad SMARTS) is 1. The molecule has 4 aliphatic carbocycles. The molecule has 4 rings (SSSR count). The second kappa shape index (κ2) is 11.5. The molecule has 6 heteroatoms. The molecule has 37 heavy (non-hydrogen) atoms. The number of aliphatic hydroxyl groups is 1. The molecule has 4 saturated carbocycles. The fourth-order valence-electron chi connectivity index (χ4n) is 9.77. The minimum Gasteiger partial charge on any atom is -0.480 e. The molecule has 0 aromatic carbocycles. The number of thioether (sulfide) groups is 1. The van der Waals surface area contributed by atoms with Crippen molar-refractivity contribution in [2.45, 2.75) is 111 Å². The lowest BCUT2D eigenvalue weighted by atomic mass is 9.43. The maximum atomic E-state index is 12.9. The zero-order valence-corrected chi connectivity index (χ0v) is 24.8. The first-order valence-corrected chi connectivity index (χ1v) is 16.3. The number of fused-ring (bicyclic) bond motifs is 5. The van der Waals surface area contributed by atoms with E-state index in [9.17, 15) is 14.7 Å². The lowest BCUT2D eigenvalue weighted by Crippen LogP contribution is -2.58. The Kier molecular flexibility index (Phi) is 9.13. The van der Waals surface area contributed by atoms with Crippen molar-refractivity contribution in [1.29, 1.82) is 0 Å². The number of aliphatic hydroxyl groups excluding tert-OH is 1. The second-order valence-electron chi connectivity index (χ2n) is 14.3. The molecular weight excluding hydrogens is 482 g/mol. The molecule has 0 spiro atoms. The van der Waals surface area contributed by atoms with Crippen LogP contribution in [0.25, 0.3) is 0 Å². The van der Waals surface area contributed by atoms with Crippen molar-refractivity contribution in [2.75, 3.05) is 11.5 Å². The van der Waals surface area contributed by atoms with E-state index in [4.69, 9.17) is 10.8 Å². The summed E-state index contributed by atoms with van der Waals surface area (Å²) in [5.74, 6) is 4.62. The topological polar surface area (TPSA) is 101 Å². The smallest absolute Gasteiger partial charge is 0.321 e. The van der Waals surface area contributed by atoms with Crippen molar-refractivity contribution in [3.63, 3.8) is 0 Å². The molecule has 4 N–H and O–H groups in total. The number of carbonyl (C=O) groups excluding carboxylic acids is 1. The van der Waals surface area contributed by atoms with E-state index in [-0.39, 0.29) is 17.4 Å². The van der Waals surface area contributed by atoms with Crippen LogP contribution in [-0.2, 0) is 9.59 Å². The van der Waals surface area contributed by atoms with Crippen molar-refractivity contribution in [3.8, 4) is 0 Å². The summed E-state index contributed by atoms with van der Waals surface area (Å²) in [6.45, 7) is 11.8. The van der Waals surface area contributed by atoms with Crippen LogP contribution in [0.5, 0.6) is 0 Å². The molecule has 4 aliphatic rings. The maximum Gasteiger partial charge on any atom is 0.321 e. The van der Waals surface area contributed by atoms with Crippen molar-refractivity contribution in [3.05, 3.63) is 0 Å². The van der Waals surface area contributed by atoms with Gasteiger partial charge in [-0.15, -0.1) is 0 Å². The first-order valence-electron chi connectivity index (χ1n) is 15.1. The molecule has 0 aromatic rings. The lowest BCUT2D eigenvalue weighted by molar-refractivity contribution is -0.168. The molecule has 0 saturated heterocycles. The van der Waals surface area contributed by atoms with Crippen molar-refractivity contribution >= 4 is 23.5 Å². The molecular formula is C31H53NO4S. The molecule has 0 heterocycles. The first-order chi connectivity index (χ1) is 17.4.